The van der Waals surface area contributed by atoms with E-state index in [1.165, 1.54) is 12.1 Å². The first-order valence-corrected chi connectivity index (χ1v) is 9.17. The van der Waals surface area contributed by atoms with Crippen LogP contribution in [0.1, 0.15) is 16.7 Å². The van der Waals surface area contributed by atoms with Crippen LogP contribution >= 0.6 is 0 Å². The average molecular weight is 438 g/mol. The molecule has 7 nitrogen and oxygen atoms in total. The lowest BCUT2D eigenvalue weighted by atomic mass is 10.0. The van der Waals surface area contributed by atoms with Crippen molar-refractivity contribution in [3.8, 4) is 0 Å². The zero-order valence-corrected chi connectivity index (χ0v) is 16.6. The highest BCUT2D eigenvalue weighted by atomic mass is 19.4. The Morgan fingerprint density at radius 2 is 1.61 bits per heavy atom. The fraction of sp³-hybridized carbons (Fsp3) is 0.286. The summed E-state index contributed by atoms with van der Waals surface area (Å²) in [6.07, 6.45) is -5.39. The van der Waals surface area contributed by atoms with Crippen LogP contribution in [0, 0.1) is 0 Å². The summed E-state index contributed by atoms with van der Waals surface area (Å²) >= 11 is 0. The predicted octanol–water partition coefficient (Wildman–Crippen LogP) is 2.83. The number of ether oxygens (including phenoxy) is 2. The molecule has 2 aromatic carbocycles. The molecule has 0 saturated heterocycles. The van der Waals surface area contributed by atoms with Crippen LogP contribution < -0.4 is 10.6 Å². The number of halogens is 3. The Balaban J connectivity index is 1.86. The number of alkyl carbamates (subject to hydrolysis) is 1. The number of carbonyl (C=O) groups excluding carboxylic acids is 3. The molecule has 0 bridgehead atoms. The first kappa shape index (κ1) is 23.7. The van der Waals surface area contributed by atoms with Gasteiger partial charge in [0.05, 0.1) is 12.7 Å². The maximum atomic E-state index is 12.7. The van der Waals surface area contributed by atoms with Crippen molar-refractivity contribution in [2.75, 3.05) is 13.7 Å². The van der Waals surface area contributed by atoms with Gasteiger partial charge >= 0.3 is 18.2 Å². The van der Waals surface area contributed by atoms with Gasteiger partial charge in [-0.1, -0.05) is 42.5 Å². The largest absolute Gasteiger partial charge is 0.467 e. The molecule has 166 valence electrons. The van der Waals surface area contributed by atoms with Gasteiger partial charge in [0, 0.05) is 6.42 Å². The van der Waals surface area contributed by atoms with Crippen molar-refractivity contribution >= 4 is 18.0 Å². The van der Waals surface area contributed by atoms with E-state index in [4.69, 9.17) is 4.74 Å². The fourth-order valence-corrected chi connectivity index (χ4v) is 2.57. The summed E-state index contributed by atoms with van der Waals surface area (Å²) in [5.41, 5.74) is 0.330. The van der Waals surface area contributed by atoms with Crippen molar-refractivity contribution in [1.29, 1.82) is 0 Å². The molecule has 31 heavy (non-hydrogen) atoms. The molecule has 0 heterocycles. The Labute approximate surface area is 176 Å². The first-order chi connectivity index (χ1) is 14.7. The molecule has 2 N–H and O–H groups in total. The van der Waals surface area contributed by atoms with Crippen LogP contribution in [-0.4, -0.2) is 37.7 Å². The van der Waals surface area contributed by atoms with Gasteiger partial charge in [0.15, 0.2) is 0 Å². The highest BCUT2D eigenvalue weighted by Crippen LogP contribution is 2.29. The van der Waals surface area contributed by atoms with Gasteiger partial charge in [0.25, 0.3) is 0 Å². The lowest BCUT2D eigenvalue weighted by molar-refractivity contribution is -0.145. The van der Waals surface area contributed by atoms with Gasteiger partial charge in [-0.2, -0.15) is 13.2 Å². The molecule has 10 heteroatoms. The van der Waals surface area contributed by atoms with Crippen LogP contribution in [0.3, 0.4) is 0 Å². The van der Waals surface area contributed by atoms with Gasteiger partial charge < -0.3 is 20.1 Å². The van der Waals surface area contributed by atoms with Crippen LogP contribution in [0.5, 0.6) is 0 Å². The molecule has 0 radical (unpaired) electrons. The van der Waals surface area contributed by atoms with Gasteiger partial charge in [-0.15, -0.1) is 0 Å². The van der Waals surface area contributed by atoms with Crippen molar-refractivity contribution in [2.45, 2.75) is 25.2 Å². The fourth-order valence-electron chi connectivity index (χ4n) is 2.57. The summed E-state index contributed by atoms with van der Waals surface area (Å²) in [4.78, 5) is 35.7. The van der Waals surface area contributed by atoms with Crippen molar-refractivity contribution in [3.05, 3.63) is 71.3 Å². The minimum Gasteiger partial charge on any atom is -0.467 e. The Morgan fingerprint density at radius 3 is 2.19 bits per heavy atom. The second-order valence-corrected chi connectivity index (χ2v) is 6.46. The molecule has 0 fully saturated rings. The van der Waals surface area contributed by atoms with Crippen molar-refractivity contribution in [3.63, 3.8) is 0 Å². The third-order valence-corrected chi connectivity index (χ3v) is 4.15. The van der Waals surface area contributed by atoms with Crippen LogP contribution in [-0.2, 0) is 38.3 Å². The van der Waals surface area contributed by atoms with Gasteiger partial charge in [-0.3, -0.25) is 4.79 Å². The smallest absolute Gasteiger partial charge is 0.416 e. The maximum Gasteiger partial charge on any atom is 0.416 e. The summed E-state index contributed by atoms with van der Waals surface area (Å²) in [5, 5.41) is 4.64. The van der Waals surface area contributed by atoms with Crippen molar-refractivity contribution in [2.24, 2.45) is 0 Å². The topological polar surface area (TPSA) is 93.7 Å². The number of alkyl halides is 3. The van der Waals surface area contributed by atoms with E-state index in [0.717, 1.165) is 24.8 Å². The van der Waals surface area contributed by atoms with E-state index in [-0.39, 0.29) is 13.0 Å². The van der Waals surface area contributed by atoms with Crippen molar-refractivity contribution < 1.29 is 37.0 Å². The van der Waals surface area contributed by atoms with Gasteiger partial charge in [-0.05, 0) is 23.3 Å². The standard InChI is InChI=1S/C21H21F3N2O5/c1-30-19(28)17(11-14-7-9-16(10-8-14)21(22,23)24)26-18(27)12-25-20(29)31-13-15-5-3-2-4-6-15/h2-10,17H,11-13H2,1H3,(H,25,29)(H,26,27)/t17-/m1/s1. The molecular weight excluding hydrogens is 417 g/mol. The molecule has 2 amide bonds. The molecule has 0 aromatic heterocycles. The molecule has 2 aromatic rings. The van der Waals surface area contributed by atoms with Crippen LogP contribution in [0.15, 0.2) is 54.6 Å². The highest BCUT2D eigenvalue weighted by Gasteiger charge is 2.30. The number of carbonyl (C=O) groups is 3. The minimum absolute atomic E-state index is 0.0208. The second kappa shape index (κ2) is 11.0. The molecule has 0 spiro atoms. The number of esters is 1. The molecule has 0 saturated carbocycles. The number of amides is 2. The van der Waals surface area contributed by atoms with Crippen molar-refractivity contribution in [1.82, 2.24) is 10.6 Å². The Hall–Kier alpha value is -3.56. The molecule has 0 aliphatic heterocycles. The summed E-state index contributed by atoms with van der Waals surface area (Å²) in [6.45, 7) is -0.443. The Bertz CT molecular complexity index is 886. The van der Waals surface area contributed by atoms with Crippen LogP contribution in [0.4, 0.5) is 18.0 Å². The van der Waals surface area contributed by atoms with Crippen LogP contribution in [0.2, 0.25) is 0 Å². The van der Waals surface area contributed by atoms with E-state index in [1.54, 1.807) is 24.3 Å². The Morgan fingerprint density at radius 1 is 0.968 bits per heavy atom. The minimum atomic E-state index is -4.48. The lowest BCUT2D eigenvalue weighted by Crippen LogP contribution is -2.47. The summed E-state index contributed by atoms with van der Waals surface area (Å²) in [7, 11) is 1.12. The third-order valence-electron chi connectivity index (χ3n) is 4.15. The third kappa shape index (κ3) is 8.00. The number of methoxy groups -OCH3 is 1. The highest BCUT2D eigenvalue weighted by molar-refractivity contribution is 5.87. The Kier molecular flexibility index (Phi) is 8.42. The van der Waals surface area contributed by atoms with E-state index >= 15 is 0 Å². The van der Waals surface area contributed by atoms with Gasteiger partial charge in [0.2, 0.25) is 5.91 Å². The summed E-state index contributed by atoms with van der Waals surface area (Å²) in [6, 6.07) is 12.0. The zero-order chi connectivity index (χ0) is 22.9. The number of benzene rings is 2. The maximum absolute atomic E-state index is 12.7. The number of hydrogen-bond acceptors (Lipinski definition) is 5. The molecule has 2 rings (SSSR count). The number of rotatable bonds is 8. The molecule has 1 atom stereocenters. The average Bonchev–Trinajstić information content (AvgIpc) is 2.75. The molecule has 0 aliphatic rings. The van der Waals surface area contributed by atoms with E-state index in [9.17, 15) is 27.6 Å². The molecule has 0 unspecified atom stereocenters. The number of hydrogen-bond donors (Lipinski definition) is 2. The summed E-state index contributed by atoms with van der Waals surface area (Å²) < 4.78 is 47.6. The second-order valence-electron chi connectivity index (χ2n) is 6.46. The van der Waals surface area contributed by atoms with Gasteiger partial charge in [0.1, 0.15) is 19.2 Å². The predicted molar refractivity (Wildman–Crippen MR) is 104 cm³/mol. The van der Waals surface area contributed by atoms with E-state index in [0.29, 0.717) is 5.56 Å². The van der Waals surface area contributed by atoms with E-state index in [1.807, 2.05) is 6.07 Å². The van der Waals surface area contributed by atoms with Crippen LogP contribution in [0.25, 0.3) is 0 Å². The monoisotopic (exact) mass is 438 g/mol. The normalized spacial score (nSPS) is 11.9. The van der Waals surface area contributed by atoms with Gasteiger partial charge in [-0.25, -0.2) is 9.59 Å². The molecule has 0 aliphatic carbocycles. The molecular formula is C21H21F3N2O5. The first-order valence-electron chi connectivity index (χ1n) is 9.17. The quantitative estimate of drug-likeness (QED) is 0.619. The number of nitrogens with one attached hydrogen (secondary N) is 2. The zero-order valence-electron chi connectivity index (χ0n) is 16.6. The lowest BCUT2D eigenvalue weighted by Gasteiger charge is -2.17. The summed E-state index contributed by atoms with van der Waals surface area (Å²) in [5.74, 6) is -1.47. The van der Waals surface area contributed by atoms with E-state index < -0.39 is 42.3 Å². The SMILES string of the molecule is COC(=O)[C@@H](Cc1ccc(C(F)(F)F)cc1)NC(=O)CNC(=O)OCc1ccccc1. The van der Waals surface area contributed by atoms with E-state index in [2.05, 4.69) is 15.4 Å².